The molecule has 3 N–H and O–H groups in total. The number of rotatable bonds is 3. The monoisotopic (exact) mass is 191 g/mol. The fraction of sp³-hybridized carbons (Fsp3) is 0. The molecule has 0 aliphatic carbocycles. The summed E-state index contributed by atoms with van der Waals surface area (Å²) < 4.78 is 0. The Labute approximate surface area is 80.7 Å². The number of hydrogen-bond donors (Lipinski definition) is 2. The quantitative estimate of drug-likeness (QED) is 0.545. The number of aromatic hydroxyl groups is 1. The number of phenolic OH excluding ortho intramolecular Hbond substituents is 1. The average molecular weight is 191 g/mol. The van der Waals surface area contributed by atoms with Crippen LogP contribution in [-0.2, 0) is 4.79 Å². The molecular weight excluding hydrogens is 182 g/mol. The van der Waals surface area contributed by atoms with Crippen molar-refractivity contribution < 1.29 is 14.7 Å². The lowest BCUT2D eigenvalue weighted by molar-refractivity contribution is -0.113. The number of aldehydes is 1. The number of carbonyl (C=O) groups is 2. The summed E-state index contributed by atoms with van der Waals surface area (Å²) in [5.41, 5.74) is 5.70. The summed E-state index contributed by atoms with van der Waals surface area (Å²) >= 11 is 0. The molecule has 0 saturated carbocycles. The van der Waals surface area contributed by atoms with Crippen LogP contribution in [0.4, 0.5) is 0 Å². The number of phenols is 1. The molecule has 72 valence electrons. The summed E-state index contributed by atoms with van der Waals surface area (Å²) in [4.78, 5) is 20.7. The number of hydrogen-bond acceptors (Lipinski definition) is 3. The lowest BCUT2D eigenvalue weighted by Crippen LogP contribution is -2.05. The predicted octanol–water partition coefficient (Wildman–Crippen LogP) is 0.703. The molecule has 0 bridgehead atoms. The van der Waals surface area contributed by atoms with Gasteiger partial charge in [0.15, 0.2) is 6.29 Å². The summed E-state index contributed by atoms with van der Waals surface area (Å²) in [7, 11) is 0. The van der Waals surface area contributed by atoms with Crippen LogP contribution >= 0.6 is 0 Å². The van der Waals surface area contributed by atoms with Gasteiger partial charge >= 0.3 is 0 Å². The molecule has 14 heavy (non-hydrogen) atoms. The molecule has 0 saturated heterocycles. The topological polar surface area (TPSA) is 80.4 Å². The lowest BCUT2D eigenvalue weighted by atomic mass is 10.1. The molecule has 0 fully saturated rings. The fourth-order valence-electron chi connectivity index (χ4n) is 0.942. The van der Waals surface area contributed by atoms with Crippen LogP contribution < -0.4 is 5.73 Å². The van der Waals surface area contributed by atoms with Crippen LogP contribution in [0.1, 0.15) is 15.9 Å². The molecule has 0 radical (unpaired) electrons. The van der Waals surface area contributed by atoms with E-state index in [1.54, 1.807) is 6.07 Å². The largest absolute Gasteiger partial charge is 0.507 e. The average Bonchev–Trinajstić information content (AvgIpc) is 2.15. The van der Waals surface area contributed by atoms with Gasteiger partial charge in [-0.2, -0.15) is 0 Å². The molecule has 1 aromatic carbocycles. The highest BCUT2D eigenvalue weighted by Crippen LogP contribution is 2.17. The minimum absolute atomic E-state index is 0.119. The van der Waals surface area contributed by atoms with Crippen LogP contribution in [0.3, 0.4) is 0 Å². The van der Waals surface area contributed by atoms with Gasteiger partial charge in [-0.15, -0.1) is 0 Å². The second-order valence-corrected chi connectivity index (χ2v) is 2.67. The van der Waals surface area contributed by atoms with Crippen molar-refractivity contribution in [2.75, 3.05) is 0 Å². The Morgan fingerprint density at radius 1 is 1.43 bits per heavy atom. The van der Waals surface area contributed by atoms with Gasteiger partial charge in [0.05, 0.1) is 5.56 Å². The smallest absolute Gasteiger partial charge is 0.241 e. The molecule has 1 rings (SSSR count). The molecule has 1 aromatic rings. The summed E-state index contributed by atoms with van der Waals surface area (Å²) in [6.07, 6.45) is 3.18. The van der Waals surface area contributed by atoms with E-state index in [1.807, 2.05) is 0 Å². The van der Waals surface area contributed by atoms with Gasteiger partial charge in [-0.1, -0.05) is 6.07 Å². The summed E-state index contributed by atoms with van der Waals surface area (Å²) in [6.45, 7) is 0. The van der Waals surface area contributed by atoms with Crippen molar-refractivity contribution >= 4 is 18.3 Å². The zero-order valence-electron chi connectivity index (χ0n) is 7.31. The highest BCUT2D eigenvalue weighted by Gasteiger charge is 1.99. The second-order valence-electron chi connectivity index (χ2n) is 2.67. The van der Waals surface area contributed by atoms with Crippen molar-refractivity contribution in [3.8, 4) is 5.75 Å². The molecule has 1 amide bonds. The van der Waals surface area contributed by atoms with Crippen LogP contribution in [0.25, 0.3) is 6.08 Å². The zero-order chi connectivity index (χ0) is 10.6. The molecule has 4 heteroatoms. The van der Waals surface area contributed by atoms with Crippen molar-refractivity contribution in [2.24, 2.45) is 5.73 Å². The first-order chi connectivity index (χ1) is 6.63. The van der Waals surface area contributed by atoms with Gasteiger partial charge in [0.1, 0.15) is 5.75 Å². The Hall–Kier alpha value is -2.10. The third kappa shape index (κ3) is 2.45. The molecule has 0 aliphatic heterocycles. The molecule has 0 aliphatic rings. The van der Waals surface area contributed by atoms with E-state index in [4.69, 9.17) is 5.73 Å². The summed E-state index contributed by atoms with van der Waals surface area (Å²) in [6, 6.07) is 4.44. The van der Waals surface area contributed by atoms with Gasteiger partial charge in [0.2, 0.25) is 5.91 Å². The Bertz CT molecular complexity index is 396. The SMILES string of the molecule is NC(=O)C=Cc1ccc(C=O)c(O)c1. The maximum atomic E-state index is 10.4. The Morgan fingerprint density at radius 2 is 2.14 bits per heavy atom. The van der Waals surface area contributed by atoms with E-state index in [1.165, 1.54) is 24.3 Å². The fourth-order valence-corrected chi connectivity index (χ4v) is 0.942. The minimum atomic E-state index is -0.566. The van der Waals surface area contributed by atoms with Crippen LogP contribution in [0.5, 0.6) is 5.75 Å². The number of carbonyl (C=O) groups excluding carboxylic acids is 2. The first-order valence-corrected chi connectivity index (χ1v) is 3.89. The van der Waals surface area contributed by atoms with E-state index >= 15 is 0 Å². The van der Waals surface area contributed by atoms with E-state index in [0.29, 0.717) is 11.8 Å². The van der Waals surface area contributed by atoms with E-state index in [9.17, 15) is 14.7 Å². The maximum Gasteiger partial charge on any atom is 0.241 e. The molecular formula is C10H9NO3. The first-order valence-electron chi connectivity index (χ1n) is 3.89. The lowest BCUT2D eigenvalue weighted by Gasteiger charge is -1.97. The van der Waals surface area contributed by atoms with E-state index < -0.39 is 5.91 Å². The Balaban J connectivity index is 2.97. The van der Waals surface area contributed by atoms with Gasteiger partial charge in [0.25, 0.3) is 0 Å². The highest BCUT2D eigenvalue weighted by molar-refractivity contribution is 5.90. The Morgan fingerprint density at radius 3 is 2.64 bits per heavy atom. The maximum absolute atomic E-state index is 10.4. The predicted molar refractivity (Wildman–Crippen MR) is 51.7 cm³/mol. The summed E-state index contributed by atoms with van der Waals surface area (Å²) in [5.74, 6) is -0.685. The molecule has 0 heterocycles. The van der Waals surface area contributed by atoms with Crippen LogP contribution in [0.15, 0.2) is 24.3 Å². The molecule has 0 unspecified atom stereocenters. The van der Waals surface area contributed by atoms with Crippen molar-refractivity contribution in [3.05, 3.63) is 35.4 Å². The number of nitrogens with two attached hydrogens (primary N) is 1. The minimum Gasteiger partial charge on any atom is -0.507 e. The summed E-state index contributed by atoms with van der Waals surface area (Å²) in [5, 5.41) is 9.28. The molecule has 0 spiro atoms. The van der Waals surface area contributed by atoms with Crippen molar-refractivity contribution in [2.45, 2.75) is 0 Å². The number of amides is 1. The van der Waals surface area contributed by atoms with Gasteiger partial charge < -0.3 is 10.8 Å². The normalized spacial score (nSPS) is 10.3. The van der Waals surface area contributed by atoms with Gasteiger partial charge in [-0.25, -0.2) is 0 Å². The zero-order valence-corrected chi connectivity index (χ0v) is 7.31. The third-order valence-corrected chi connectivity index (χ3v) is 1.62. The standard InChI is InChI=1S/C10H9NO3/c11-10(14)4-2-7-1-3-8(6-12)9(13)5-7/h1-6,13H,(H2,11,14). The van der Waals surface area contributed by atoms with Gasteiger partial charge in [-0.3, -0.25) is 9.59 Å². The number of primary amides is 1. The van der Waals surface area contributed by atoms with Crippen LogP contribution in [-0.4, -0.2) is 17.3 Å². The van der Waals surface area contributed by atoms with E-state index in [-0.39, 0.29) is 11.3 Å². The first kappa shape index (κ1) is 9.98. The number of benzene rings is 1. The van der Waals surface area contributed by atoms with E-state index in [0.717, 1.165) is 0 Å². The molecule has 0 aromatic heterocycles. The van der Waals surface area contributed by atoms with Gasteiger partial charge in [-0.05, 0) is 23.8 Å². The molecule has 0 atom stereocenters. The second kappa shape index (κ2) is 4.23. The van der Waals surface area contributed by atoms with E-state index in [2.05, 4.69) is 0 Å². The Kier molecular flexibility index (Phi) is 3.01. The molecule has 4 nitrogen and oxygen atoms in total. The highest BCUT2D eigenvalue weighted by atomic mass is 16.3. The van der Waals surface area contributed by atoms with Crippen molar-refractivity contribution in [1.29, 1.82) is 0 Å². The third-order valence-electron chi connectivity index (χ3n) is 1.62. The van der Waals surface area contributed by atoms with Gasteiger partial charge in [0, 0.05) is 6.08 Å². The van der Waals surface area contributed by atoms with Crippen molar-refractivity contribution in [3.63, 3.8) is 0 Å². The van der Waals surface area contributed by atoms with Crippen molar-refractivity contribution in [1.82, 2.24) is 0 Å². The van der Waals surface area contributed by atoms with Crippen LogP contribution in [0.2, 0.25) is 0 Å². The van der Waals surface area contributed by atoms with Crippen LogP contribution in [0, 0.1) is 0 Å².